The predicted molar refractivity (Wildman–Crippen MR) is 156 cm³/mol. The Kier molecular flexibility index (Phi) is 9.01. The van der Waals surface area contributed by atoms with E-state index < -0.39 is 6.29 Å². The minimum atomic E-state index is -0.548. The van der Waals surface area contributed by atoms with E-state index >= 15 is 0 Å². The van der Waals surface area contributed by atoms with Gasteiger partial charge in [-0.2, -0.15) is 0 Å². The highest BCUT2D eigenvalue weighted by Gasteiger charge is 2.38. The summed E-state index contributed by atoms with van der Waals surface area (Å²) in [6, 6.07) is 24.4. The third kappa shape index (κ3) is 6.64. The number of nitrogens with one attached hydrogen (secondary N) is 1. The van der Waals surface area contributed by atoms with Crippen LogP contribution in [-0.4, -0.2) is 32.4 Å². The van der Waals surface area contributed by atoms with Crippen LogP contribution < -0.4 is 5.32 Å². The smallest absolute Gasteiger partial charge is 0.217 e. The SMILES string of the molecule is CC(=O)NCc1cccc(-c2cccc([C@@H]3O[C@H](CSc4nccn4C)[C@H](C)[C@H](c4ccc(CO)cc4)O3)c2)c1. The summed E-state index contributed by atoms with van der Waals surface area (Å²) in [6.45, 7) is 4.19. The molecular formula is C32H35N3O4S. The molecule has 4 aromatic rings. The number of rotatable bonds is 9. The van der Waals surface area contributed by atoms with Gasteiger partial charge in [-0.1, -0.05) is 79.3 Å². The molecule has 0 bridgehead atoms. The van der Waals surface area contributed by atoms with Crippen LogP contribution >= 0.6 is 11.8 Å². The fourth-order valence-electron chi connectivity index (χ4n) is 4.91. The Morgan fingerprint density at radius 2 is 1.75 bits per heavy atom. The van der Waals surface area contributed by atoms with Gasteiger partial charge in [0.2, 0.25) is 5.91 Å². The minimum Gasteiger partial charge on any atom is -0.392 e. The molecule has 40 heavy (non-hydrogen) atoms. The fourth-order valence-corrected chi connectivity index (χ4v) is 6.01. The lowest BCUT2D eigenvalue weighted by molar-refractivity contribution is -0.268. The number of aryl methyl sites for hydroxylation is 1. The van der Waals surface area contributed by atoms with Gasteiger partial charge in [0, 0.05) is 50.1 Å². The first-order valence-corrected chi connectivity index (χ1v) is 14.4. The number of aliphatic hydroxyl groups excluding tert-OH is 1. The molecule has 2 heterocycles. The highest BCUT2D eigenvalue weighted by Crippen LogP contribution is 2.43. The van der Waals surface area contributed by atoms with E-state index in [1.807, 2.05) is 72.5 Å². The number of thioether (sulfide) groups is 1. The van der Waals surface area contributed by atoms with Gasteiger partial charge in [0.05, 0.1) is 18.8 Å². The zero-order chi connectivity index (χ0) is 28.1. The van der Waals surface area contributed by atoms with Crippen LogP contribution in [0.4, 0.5) is 0 Å². The first kappa shape index (κ1) is 28.1. The first-order chi connectivity index (χ1) is 19.4. The maximum absolute atomic E-state index is 11.4. The van der Waals surface area contributed by atoms with Crippen molar-refractivity contribution >= 4 is 17.7 Å². The Morgan fingerprint density at radius 1 is 1.00 bits per heavy atom. The molecule has 0 spiro atoms. The van der Waals surface area contributed by atoms with Crippen LogP contribution in [0, 0.1) is 5.92 Å². The number of carbonyl (C=O) groups excluding carboxylic acids is 1. The number of imidazole rings is 1. The van der Waals surface area contributed by atoms with Crippen molar-refractivity contribution in [2.45, 2.75) is 50.7 Å². The summed E-state index contributed by atoms with van der Waals surface area (Å²) >= 11 is 1.68. The van der Waals surface area contributed by atoms with Crippen LogP contribution in [-0.2, 0) is 34.5 Å². The molecule has 3 aromatic carbocycles. The van der Waals surface area contributed by atoms with Crippen molar-refractivity contribution in [1.29, 1.82) is 0 Å². The van der Waals surface area contributed by atoms with Gasteiger partial charge in [0.15, 0.2) is 11.4 Å². The second-order valence-electron chi connectivity index (χ2n) is 10.2. The van der Waals surface area contributed by atoms with Crippen LogP contribution in [0.5, 0.6) is 0 Å². The number of ether oxygens (including phenoxy) is 2. The van der Waals surface area contributed by atoms with E-state index in [1.54, 1.807) is 11.8 Å². The molecule has 0 radical (unpaired) electrons. The molecule has 208 valence electrons. The average molecular weight is 558 g/mol. The monoisotopic (exact) mass is 557 g/mol. The highest BCUT2D eigenvalue weighted by atomic mass is 32.2. The van der Waals surface area contributed by atoms with E-state index in [1.165, 1.54) is 6.92 Å². The van der Waals surface area contributed by atoms with Crippen molar-refractivity contribution in [3.05, 3.63) is 107 Å². The molecule has 1 aromatic heterocycles. The van der Waals surface area contributed by atoms with Gasteiger partial charge in [-0.25, -0.2) is 4.98 Å². The van der Waals surface area contributed by atoms with Crippen molar-refractivity contribution in [1.82, 2.24) is 14.9 Å². The number of benzene rings is 3. The summed E-state index contributed by atoms with van der Waals surface area (Å²) in [6.07, 6.45) is 2.95. The van der Waals surface area contributed by atoms with Crippen LogP contribution in [0.25, 0.3) is 11.1 Å². The lowest BCUT2D eigenvalue weighted by Gasteiger charge is -2.41. The Morgan fingerprint density at radius 3 is 2.45 bits per heavy atom. The van der Waals surface area contributed by atoms with Crippen LogP contribution in [0.15, 0.2) is 90.3 Å². The zero-order valence-corrected chi connectivity index (χ0v) is 23.8. The standard InChI is InChI=1S/C32H35N3O4S/c1-21-29(20-40-32-33-14-15-35(32)3)38-31(39-30(21)25-12-10-23(19-36)11-13-25)28-9-5-8-27(17-28)26-7-4-6-24(16-26)18-34-22(2)37/h4-17,21,29-31,36H,18-20H2,1-3H3,(H,34,37)/t21-,29+,30+,31+/m0/s1. The van der Waals surface area contributed by atoms with Crippen molar-refractivity contribution in [3.8, 4) is 11.1 Å². The molecule has 1 aliphatic heterocycles. The van der Waals surface area contributed by atoms with Crippen LogP contribution in [0.2, 0.25) is 0 Å². The van der Waals surface area contributed by atoms with Gasteiger partial charge >= 0.3 is 0 Å². The summed E-state index contributed by atoms with van der Waals surface area (Å²) in [5, 5.41) is 13.3. The van der Waals surface area contributed by atoms with Gasteiger partial charge in [-0.15, -0.1) is 0 Å². The van der Waals surface area contributed by atoms with E-state index in [-0.39, 0.29) is 30.6 Å². The molecule has 0 saturated carbocycles. The molecule has 7 nitrogen and oxygen atoms in total. The second kappa shape index (κ2) is 12.8. The number of hydrogen-bond acceptors (Lipinski definition) is 6. The predicted octanol–water partition coefficient (Wildman–Crippen LogP) is 5.80. The molecule has 5 rings (SSSR count). The fraction of sp³-hybridized carbons (Fsp3) is 0.312. The van der Waals surface area contributed by atoms with E-state index in [4.69, 9.17) is 9.47 Å². The number of hydrogen-bond donors (Lipinski definition) is 2. The molecule has 1 fully saturated rings. The van der Waals surface area contributed by atoms with Crippen molar-refractivity contribution in [2.75, 3.05) is 5.75 Å². The number of amides is 1. The maximum Gasteiger partial charge on any atom is 0.217 e. The van der Waals surface area contributed by atoms with Crippen LogP contribution in [0.1, 0.15) is 48.5 Å². The van der Waals surface area contributed by atoms with E-state index in [0.29, 0.717) is 6.54 Å². The molecular weight excluding hydrogens is 522 g/mol. The van der Waals surface area contributed by atoms with E-state index in [2.05, 4.69) is 41.5 Å². The molecule has 8 heteroatoms. The van der Waals surface area contributed by atoms with Crippen molar-refractivity contribution < 1.29 is 19.4 Å². The zero-order valence-electron chi connectivity index (χ0n) is 23.0. The summed E-state index contributed by atoms with van der Waals surface area (Å²) in [5.74, 6) is 0.782. The largest absolute Gasteiger partial charge is 0.392 e. The number of aliphatic hydroxyl groups is 1. The normalized spacial score (nSPS) is 20.8. The summed E-state index contributed by atoms with van der Waals surface area (Å²) in [7, 11) is 1.99. The van der Waals surface area contributed by atoms with Gasteiger partial charge in [0.1, 0.15) is 0 Å². The molecule has 0 aliphatic carbocycles. The molecule has 0 unspecified atom stereocenters. The van der Waals surface area contributed by atoms with Crippen LogP contribution in [0.3, 0.4) is 0 Å². The average Bonchev–Trinajstić information content (AvgIpc) is 3.40. The molecule has 1 saturated heterocycles. The Balaban J connectivity index is 1.42. The summed E-state index contributed by atoms with van der Waals surface area (Å²) in [5.41, 5.74) is 6.03. The second-order valence-corrected chi connectivity index (χ2v) is 11.2. The molecule has 2 N–H and O–H groups in total. The molecule has 1 amide bonds. The number of carbonyl (C=O) groups is 1. The number of nitrogens with zero attached hydrogens (tertiary/aromatic N) is 2. The lowest BCUT2D eigenvalue weighted by Crippen LogP contribution is -2.38. The topological polar surface area (TPSA) is 85.6 Å². The lowest BCUT2D eigenvalue weighted by atomic mass is 9.91. The number of aromatic nitrogens is 2. The van der Waals surface area contributed by atoms with E-state index in [0.717, 1.165) is 44.3 Å². The maximum atomic E-state index is 11.4. The van der Waals surface area contributed by atoms with Gasteiger partial charge in [0.25, 0.3) is 0 Å². The first-order valence-electron chi connectivity index (χ1n) is 13.5. The quantitative estimate of drug-likeness (QED) is 0.253. The third-order valence-electron chi connectivity index (χ3n) is 7.24. The molecule has 1 aliphatic rings. The molecule has 4 atom stereocenters. The van der Waals surface area contributed by atoms with Crippen molar-refractivity contribution in [2.24, 2.45) is 13.0 Å². The van der Waals surface area contributed by atoms with Gasteiger partial charge < -0.3 is 24.5 Å². The summed E-state index contributed by atoms with van der Waals surface area (Å²) in [4.78, 5) is 15.8. The minimum absolute atomic E-state index is 0.00876. The summed E-state index contributed by atoms with van der Waals surface area (Å²) < 4.78 is 15.3. The van der Waals surface area contributed by atoms with Gasteiger partial charge in [-0.05, 0) is 39.9 Å². The Labute approximate surface area is 239 Å². The third-order valence-corrected chi connectivity index (χ3v) is 8.38. The highest BCUT2D eigenvalue weighted by molar-refractivity contribution is 7.99. The van der Waals surface area contributed by atoms with Crippen molar-refractivity contribution in [3.63, 3.8) is 0 Å². The Hall–Kier alpha value is -3.43. The van der Waals surface area contributed by atoms with E-state index in [9.17, 15) is 9.90 Å². The Bertz CT molecular complexity index is 1440. The van der Waals surface area contributed by atoms with Gasteiger partial charge in [-0.3, -0.25) is 4.79 Å².